The summed E-state index contributed by atoms with van der Waals surface area (Å²) in [6, 6.07) is 12.0. The Balaban J connectivity index is 1.07. The first kappa shape index (κ1) is 19.4. The van der Waals surface area contributed by atoms with Gasteiger partial charge in [0.25, 0.3) is 5.91 Å². The number of aromatic nitrogens is 5. The number of nitrogens with one attached hydrogen (secondary N) is 3. The highest BCUT2D eigenvalue weighted by molar-refractivity contribution is 5.94. The van der Waals surface area contributed by atoms with E-state index in [4.69, 9.17) is 0 Å². The normalized spacial score (nSPS) is 15.3. The van der Waals surface area contributed by atoms with Gasteiger partial charge in [0.2, 0.25) is 0 Å². The number of fused-ring (bicyclic) bond motifs is 2. The van der Waals surface area contributed by atoms with Crippen molar-refractivity contribution in [2.75, 3.05) is 13.1 Å². The molecule has 3 N–H and O–H groups in total. The van der Waals surface area contributed by atoms with E-state index in [9.17, 15) is 4.79 Å². The van der Waals surface area contributed by atoms with Crippen molar-refractivity contribution in [1.29, 1.82) is 0 Å². The topological polar surface area (TPSA) is 101 Å². The van der Waals surface area contributed by atoms with E-state index in [2.05, 4.69) is 36.8 Å². The van der Waals surface area contributed by atoms with Crippen molar-refractivity contribution in [2.45, 2.75) is 31.8 Å². The Morgan fingerprint density at radius 1 is 1.19 bits per heavy atom. The monoisotopic (exact) mass is 415 g/mol. The fourth-order valence-electron chi connectivity index (χ4n) is 4.05. The molecule has 0 radical (unpaired) electrons. The number of hydrogen-bond acceptors (Lipinski definition) is 5. The molecule has 0 fully saturated rings. The van der Waals surface area contributed by atoms with Crippen LogP contribution in [-0.2, 0) is 19.4 Å². The Kier molecular flexibility index (Phi) is 5.45. The summed E-state index contributed by atoms with van der Waals surface area (Å²) in [6.45, 7) is 2.28. The minimum absolute atomic E-state index is 0.0213. The van der Waals surface area contributed by atoms with Gasteiger partial charge in [-0.3, -0.25) is 14.5 Å². The molecule has 0 bridgehead atoms. The van der Waals surface area contributed by atoms with Crippen molar-refractivity contribution in [3.05, 3.63) is 77.6 Å². The van der Waals surface area contributed by atoms with Crippen LogP contribution in [0.2, 0.25) is 0 Å². The first-order valence-corrected chi connectivity index (χ1v) is 10.7. The molecule has 1 aliphatic carbocycles. The standard InChI is InChI=1S/C23H25N7O/c31-23(29-20-8-7-16-4-3-10-25-22(16)20)17-14-26-30(15-17)13-12-24-11-9-21-27-18-5-1-2-6-19(18)28-21/h1-6,10,14-15,20,24H,7-9,11-13H2,(H,27,28)(H,29,31). The van der Waals surface area contributed by atoms with E-state index in [1.165, 1.54) is 5.56 Å². The van der Waals surface area contributed by atoms with Crippen LogP contribution in [0.1, 0.15) is 39.9 Å². The van der Waals surface area contributed by atoms with E-state index in [1.54, 1.807) is 23.3 Å². The number of H-pyrrole nitrogens is 1. The Morgan fingerprint density at radius 3 is 3.06 bits per heavy atom. The number of rotatable bonds is 8. The average molecular weight is 416 g/mol. The number of aryl methyl sites for hydroxylation is 1. The number of pyridine rings is 1. The van der Waals surface area contributed by atoms with Gasteiger partial charge in [0.05, 0.1) is 41.1 Å². The van der Waals surface area contributed by atoms with Crippen molar-refractivity contribution >= 4 is 16.9 Å². The summed E-state index contributed by atoms with van der Waals surface area (Å²) >= 11 is 0. The summed E-state index contributed by atoms with van der Waals surface area (Å²) in [7, 11) is 0. The molecule has 3 heterocycles. The van der Waals surface area contributed by atoms with Crippen LogP contribution in [0.3, 0.4) is 0 Å². The maximum Gasteiger partial charge on any atom is 0.255 e. The maximum absolute atomic E-state index is 12.6. The third-order valence-electron chi connectivity index (χ3n) is 5.65. The highest BCUT2D eigenvalue weighted by Crippen LogP contribution is 2.28. The van der Waals surface area contributed by atoms with Crippen molar-refractivity contribution in [1.82, 2.24) is 35.4 Å². The number of carbonyl (C=O) groups is 1. The molecule has 1 atom stereocenters. The molecule has 1 aliphatic rings. The van der Waals surface area contributed by atoms with Crippen LogP contribution in [0.5, 0.6) is 0 Å². The summed E-state index contributed by atoms with van der Waals surface area (Å²) in [6.07, 6.45) is 7.87. The fraction of sp³-hybridized carbons (Fsp3) is 0.304. The molecule has 158 valence electrons. The summed E-state index contributed by atoms with van der Waals surface area (Å²) in [5.74, 6) is 0.877. The van der Waals surface area contributed by atoms with Gasteiger partial charge in [-0.1, -0.05) is 18.2 Å². The molecule has 4 aromatic rings. The third-order valence-corrected chi connectivity index (χ3v) is 5.65. The lowest BCUT2D eigenvalue weighted by molar-refractivity contribution is 0.0936. The summed E-state index contributed by atoms with van der Waals surface area (Å²) in [5.41, 5.74) is 4.84. The lowest BCUT2D eigenvalue weighted by Crippen LogP contribution is -2.27. The van der Waals surface area contributed by atoms with Gasteiger partial charge < -0.3 is 15.6 Å². The fourth-order valence-corrected chi connectivity index (χ4v) is 4.05. The summed E-state index contributed by atoms with van der Waals surface area (Å²) < 4.78 is 1.80. The Bertz CT molecular complexity index is 1160. The van der Waals surface area contributed by atoms with Gasteiger partial charge in [-0.05, 0) is 36.6 Å². The number of imidazole rings is 1. The van der Waals surface area contributed by atoms with Gasteiger partial charge in [0.1, 0.15) is 5.82 Å². The van der Waals surface area contributed by atoms with Gasteiger partial charge >= 0.3 is 0 Å². The van der Waals surface area contributed by atoms with E-state index >= 15 is 0 Å². The van der Waals surface area contributed by atoms with Crippen LogP contribution < -0.4 is 10.6 Å². The second-order valence-electron chi connectivity index (χ2n) is 7.81. The van der Waals surface area contributed by atoms with Crippen LogP contribution in [0.25, 0.3) is 11.0 Å². The quantitative estimate of drug-likeness (QED) is 0.384. The van der Waals surface area contributed by atoms with Gasteiger partial charge in [0, 0.05) is 31.9 Å². The van der Waals surface area contributed by atoms with E-state index in [-0.39, 0.29) is 11.9 Å². The number of para-hydroxylation sites is 2. The van der Waals surface area contributed by atoms with E-state index < -0.39 is 0 Å². The molecule has 1 amide bonds. The molecule has 0 saturated carbocycles. The van der Waals surface area contributed by atoms with E-state index in [0.29, 0.717) is 12.1 Å². The van der Waals surface area contributed by atoms with E-state index in [1.807, 2.05) is 30.3 Å². The third kappa shape index (κ3) is 4.34. The Morgan fingerprint density at radius 2 is 2.13 bits per heavy atom. The summed E-state index contributed by atoms with van der Waals surface area (Å²) in [5, 5.41) is 10.8. The van der Waals surface area contributed by atoms with Crippen LogP contribution in [0, 0.1) is 0 Å². The van der Waals surface area contributed by atoms with E-state index in [0.717, 1.165) is 54.9 Å². The van der Waals surface area contributed by atoms with Crippen molar-refractivity contribution in [3.63, 3.8) is 0 Å². The zero-order chi connectivity index (χ0) is 21.0. The van der Waals surface area contributed by atoms with Crippen molar-refractivity contribution in [3.8, 4) is 0 Å². The molecular formula is C23H25N7O. The second-order valence-corrected chi connectivity index (χ2v) is 7.81. The SMILES string of the molecule is O=C(NC1CCc2cccnc21)c1cnn(CCNCCc2nc3ccccc3[nH]2)c1. The van der Waals surface area contributed by atoms with Crippen LogP contribution >= 0.6 is 0 Å². The van der Waals surface area contributed by atoms with Gasteiger partial charge in [0.15, 0.2) is 0 Å². The molecule has 1 aromatic carbocycles. The number of carbonyl (C=O) groups excluding carboxylic acids is 1. The molecule has 1 unspecified atom stereocenters. The molecule has 31 heavy (non-hydrogen) atoms. The second kappa shape index (κ2) is 8.69. The number of amides is 1. The molecule has 5 rings (SSSR count). The summed E-state index contributed by atoms with van der Waals surface area (Å²) in [4.78, 5) is 25.0. The van der Waals surface area contributed by atoms with Crippen LogP contribution in [0.4, 0.5) is 0 Å². The van der Waals surface area contributed by atoms with Gasteiger partial charge in [-0.15, -0.1) is 0 Å². The first-order valence-electron chi connectivity index (χ1n) is 10.7. The Hall–Kier alpha value is -3.52. The Labute approximate surface area is 180 Å². The van der Waals surface area contributed by atoms with Crippen molar-refractivity contribution in [2.24, 2.45) is 0 Å². The highest BCUT2D eigenvalue weighted by atomic mass is 16.1. The van der Waals surface area contributed by atoms with Crippen LogP contribution in [-0.4, -0.2) is 43.7 Å². The molecule has 0 saturated heterocycles. The predicted molar refractivity (Wildman–Crippen MR) is 118 cm³/mol. The zero-order valence-electron chi connectivity index (χ0n) is 17.2. The zero-order valence-corrected chi connectivity index (χ0v) is 17.2. The molecular weight excluding hydrogens is 390 g/mol. The highest BCUT2D eigenvalue weighted by Gasteiger charge is 2.25. The van der Waals surface area contributed by atoms with Gasteiger partial charge in [-0.2, -0.15) is 5.10 Å². The number of nitrogens with zero attached hydrogens (tertiary/aromatic N) is 4. The molecule has 0 spiro atoms. The molecule has 8 nitrogen and oxygen atoms in total. The lowest BCUT2D eigenvalue weighted by Gasteiger charge is -2.12. The smallest absolute Gasteiger partial charge is 0.255 e. The maximum atomic E-state index is 12.6. The number of aromatic amines is 1. The largest absolute Gasteiger partial charge is 0.344 e. The molecule has 3 aromatic heterocycles. The first-order chi connectivity index (χ1) is 15.3. The molecule has 0 aliphatic heterocycles. The van der Waals surface area contributed by atoms with Crippen molar-refractivity contribution < 1.29 is 4.79 Å². The number of benzene rings is 1. The molecule has 8 heteroatoms. The number of hydrogen-bond donors (Lipinski definition) is 3. The van der Waals surface area contributed by atoms with Crippen LogP contribution in [0.15, 0.2) is 55.0 Å². The predicted octanol–water partition coefficient (Wildman–Crippen LogP) is 2.40. The lowest BCUT2D eigenvalue weighted by atomic mass is 10.2. The minimum Gasteiger partial charge on any atom is -0.344 e. The average Bonchev–Trinajstić information content (AvgIpc) is 3.52. The van der Waals surface area contributed by atoms with Gasteiger partial charge in [-0.25, -0.2) is 4.98 Å². The minimum atomic E-state index is -0.104.